The fourth-order valence-electron chi connectivity index (χ4n) is 11.8. The molecule has 0 aliphatic carbocycles. The van der Waals surface area contributed by atoms with E-state index in [1.54, 1.807) is 11.3 Å². The molecule has 79 heavy (non-hydrogen) atoms. The Kier molecular flexibility index (Phi) is 10.8. The zero-order chi connectivity index (χ0) is 58.7. The highest BCUT2D eigenvalue weighted by Crippen LogP contribution is 2.52. The Morgan fingerprint density at radius 3 is 1.67 bits per heavy atom. The molecule has 3 heterocycles. The minimum absolute atomic E-state index is 0.0404. The van der Waals surface area contributed by atoms with Crippen molar-refractivity contribution in [1.82, 2.24) is 0 Å². The third-order valence-corrected chi connectivity index (χ3v) is 17.2. The molecular formula is C74H66BN3S. The standard InChI is InChI=1S/C74H66BN3S/c1-72(2,3)53-33-38-56(39-34-53)76(63-29-20-19-28-59(63)50-24-15-11-16-25-50)58-42-43-62-67(48-58)78(64-44-37-55(74(7,8)9)47-60(64)51-26-17-12-18-27-51)66-31-21-30-65-69(66)75(62)71-70(77(65)57-40-35-54(36-41-57)73(4,5)6)61-46-52(32-45-68(61)79-71)49-22-13-10-14-23-49/h10-48H,1-9H3/i10D,13D,14D,22D,23D. The van der Waals surface area contributed by atoms with Gasteiger partial charge in [0.1, 0.15) is 0 Å². The summed E-state index contributed by atoms with van der Waals surface area (Å²) in [6.45, 7) is 20.1. The largest absolute Gasteiger partial charge is 0.311 e. The van der Waals surface area contributed by atoms with Crippen LogP contribution in [0, 0.1) is 0 Å². The van der Waals surface area contributed by atoms with Crippen molar-refractivity contribution in [2.45, 2.75) is 78.6 Å². The van der Waals surface area contributed by atoms with E-state index in [4.69, 9.17) is 6.85 Å². The van der Waals surface area contributed by atoms with Crippen molar-refractivity contribution >= 4 is 95.0 Å². The molecule has 0 unspecified atom stereocenters. The van der Waals surface area contributed by atoms with Crippen molar-refractivity contribution in [3.8, 4) is 33.4 Å². The Labute approximate surface area is 479 Å². The number of nitrogens with zero attached hydrogens (tertiary/aromatic N) is 3. The summed E-state index contributed by atoms with van der Waals surface area (Å²) in [5.41, 5.74) is 20.5. The highest BCUT2D eigenvalue weighted by atomic mass is 32.1. The minimum Gasteiger partial charge on any atom is -0.311 e. The summed E-state index contributed by atoms with van der Waals surface area (Å²) < 4.78 is 46.2. The molecule has 0 fully saturated rings. The predicted molar refractivity (Wildman–Crippen MR) is 343 cm³/mol. The van der Waals surface area contributed by atoms with E-state index in [1.165, 1.54) is 22.2 Å². The molecule has 11 aromatic rings. The molecule has 10 aromatic carbocycles. The molecule has 0 radical (unpaired) electrons. The molecule has 5 heteroatoms. The summed E-state index contributed by atoms with van der Waals surface area (Å²) in [6.07, 6.45) is 0. The number of benzene rings is 10. The summed E-state index contributed by atoms with van der Waals surface area (Å²) >= 11 is 1.77. The molecule has 3 nitrogen and oxygen atoms in total. The monoisotopic (exact) mass is 1040 g/mol. The molecular weight excluding hydrogens is 974 g/mol. The van der Waals surface area contributed by atoms with E-state index in [2.05, 4.69) is 277 Å². The van der Waals surface area contributed by atoms with Gasteiger partial charge in [-0.05, 0) is 145 Å². The normalized spacial score (nSPS) is 13.9. The van der Waals surface area contributed by atoms with Crippen molar-refractivity contribution < 1.29 is 6.85 Å². The van der Waals surface area contributed by atoms with Crippen LogP contribution in [0.4, 0.5) is 51.2 Å². The van der Waals surface area contributed by atoms with Crippen LogP contribution in [0.25, 0.3) is 43.5 Å². The minimum atomic E-state index is -0.406. The summed E-state index contributed by atoms with van der Waals surface area (Å²) in [4.78, 5) is 7.38. The first-order valence-electron chi connectivity index (χ1n) is 30.0. The maximum absolute atomic E-state index is 9.11. The van der Waals surface area contributed by atoms with Gasteiger partial charge in [0, 0.05) is 60.1 Å². The second kappa shape index (κ2) is 19.2. The summed E-state index contributed by atoms with van der Waals surface area (Å²) in [6, 6.07) is 73.7. The first kappa shape index (κ1) is 44.6. The average Bonchev–Trinajstić information content (AvgIpc) is 1.28. The topological polar surface area (TPSA) is 9.72 Å². The van der Waals surface area contributed by atoms with Crippen LogP contribution in [0.3, 0.4) is 0 Å². The van der Waals surface area contributed by atoms with E-state index >= 15 is 0 Å². The lowest BCUT2D eigenvalue weighted by Gasteiger charge is -2.44. The Bertz CT molecular complexity index is 4360. The lowest BCUT2D eigenvalue weighted by Crippen LogP contribution is -2.60. The third-order valence-electron chi connectivity index (χ3n) is 16.0. The molecule has 386 valence electrons. The van der Waals surface area contributed by atoms with E-state index < -0.39 is 6.04 Å². The molecule has 2 aliphatic heterocycles. The van der Waals surface area contributed by atoms with Crippen LogP contribution in [0.5, 0.6) is 0 Å². The van der Waals surface area contributed by atoms with Gasteiger partial charge in [0.05, 0.1) is 23.9 Å². The predicted octanol–water partition coefficient (Wildman–Crippen LogP) is 19.3. The molecule has 0 N–H and O–H groups in total. The van der Waals surface area contributed by atoms with Gasteiger partial charge in [-0.1, -0.05) is 220 Å². The van der Waals surface area contributed by atoms with Crippen molar-refractivity contribution in [3.63, 3.8) is 0 Å². The van der Waals surface area contributed by atoms with Gasteiger partial charge in [0.2, 0.25) is 0 Å². The average molecular weight is 1050 g/mol. The van der Waals surface area contributed by atoms with Crippen molar-refractivity contribution in [2.24, 2.45) is 0 Å². The van der Waals surface area contributed by atoms with Crippen molar-refractivity contribution in [3.05, 3.63) is 253 Å². The van der Waals surface area contributed by atoms with Gasteiger partial charge >= 0.3 is 0 Å². The molecule has 0 saturated heterocycles. The summed E-state index contributed by atoms with van der Waals surface area (Å²) in [5.74, 6) is 0. The molecule has 0 bridgehead atoms. The van der Waals surface area contributed by atoms with Crippen LogP contribution in [0.15, 0.2) is 236 Å². The first-order valence-corrected chi connectivity index (χ1v) is 28.4. The van der Waals surface area contributed by atoms with Gasteiger partial charge in [-0.15, -0.1) is 11.3 Å². The molecule has 0 amide bonds. The molecule has 0 saturated carbocycles. The highest BCUT2D eigenvalue weighted by Gasteiger charge is 2.46. The quantitative estimate of drug-likeness (QED) is 0.140. The maximum atomic E-state index is 9.11. The first-order chi connectivity index (χ1) is 40.2. The van der Waals surface area contributed by atoms with Crippen LogP contribution < -0.4 is 30.4 Å². The number of rotatable bonds is 8. The van der Waals surface area contributed by atoms with Crippen LogP contribution in [0.1, 0.15) is 85.9 Å². The van der Waals surface area contributed by atoms with E-state index in [9.17, 15) is 0 Å². The Morgan fingerprint density at radius 1 is 0.430 bits per heavy atom. The Morgan fingerprint density at radius 2 is 1.01 bits per heavy atom. The molecule has 13 rings (SSSR count). The van der Waals surface area contributed by atoms with Gasteiger partial charge in [-0.3, -0.25) is 0 Å². The van der Waals surface area contributed by atoms with Crippen LogP contribution >= 0.6 is 11.3 Å². The third kappa shape index (κ3) is 8.85. The molecule has 2 aliphatic rings. The number of para-hydroxylation sites is 1. The van der Waals surface area contributed by atoms with Crippen molar-refractivity contribution in [2.75, 3.05) is 14.7 Å². The molecule has 0 atom stereocenters. The number of hydrogen-bond donors (Lipinski definition) is 0. The Balaban J connectivity index is 1.12. The van der Waals surface area contributed by atoms with E-state index in [0.717, 1.165) is 93.8 Å². The van der Waals surface area contributed by atoms with Gasteiger partial charge in [-0.2, -0.15) is 0 Å². The number of hydrogen-bond acceptors (Lipinski definition) is 4. The van der Waals surface area contributed by atoms with Gasteiger partial charge in [0.15, 0.2) is 0 Å². The van der Waals surface area contributed by atoms with Gasteiger partial charge < -0.3 is 14.7 Å². The second-order valence-electron chi connectivity index (χ2n) is 24.2. The smallest absolute Gasteiger partial charge is 0.264 e. The van der Waals surface area contributed by atoms with E-state index in [0.29, 0.717) is 5.56 Å². The second-order valence-corrected chi connectivity index (χ2v) is 25.3. The Hall–Kier alpha value is -8.38. The zero-order valence-electron chi connectivity index (χ0n) is 51.5. The SMILES string of the molecule is [2H]c1c([2H])c([2H])c(-c2ccc3sc4c(c3c2)N(c2ccc(C(C)(C)C)cc2)c2cccc3c2B4c2ccc(N(c4ccc(C(C)(C)C)cc4)c4ccccc4-c4ccccc4)cc2N3c2ccc(C(C)(C)C)cc2-c2ccccc2)c([2H])c1[2H]. The summed E-state index contributed by atoms with van der Waals surface area (Å²) in [7, 11) is 0. The fraction of sp³-hybridized carbons (Fsp3) is 0.162. The van der Waals surface area contributed by atoms with Gasteiger partial charge in [-0.25, -0.2) is 0 Å². The fourth-order valence-corrected chi connectivity index (χ4v) is 13.1. The zero-order valence-corrected chi connectivity index (χ0v) is 47.3. The van der Waals surface area contributed by atoms with Gasteiger partial charge in [0.25, 0.3) is 6.71 Å². The van der Waals surface area contributed by atoms with E-state index in [-0.39, 0.29) is 52.7 Å². The number of anilines is 9. The number of thiophene rings is 1. The molecule has 0 spiro atoms. The van der Waals surface area contributed by atoms with Crippen LogP contribution in [-0.4, -0.2) is 6.71 Å². The van der Waals surface area contributed by atoms with Crippen molar-refractivity contribution in [1.29, 1.82) is 0 Å². The lowest BCUT2D eigenvalue weighted by atomic mass is 9.36. The van der Waals surface area contributed by atoms with E-state index in [1.807, 2.05) is 6.07 Å². The van der Waals surface area contributed by atoms with Crippen LogP contribution in [-0.2, 0) is 16.2 Å². The maximum Gasteiger partial charge on any atom is 0.264 e. The molecule has 1 aromatic heterocycles. The lowest BCUT2D eigenvalue weighted by molar-refractivity contribution is 0.590. The summed E-state index contributed by atoms with van der Waals surface area (Å²) in [5, 5.41) is 0.947. The highest BCUT2D eigenvalue weighted by molar-refractivity contribution is 7.33. The number of fused-ring (bicyclic) bond motifs is 6. The van der Waals surface area contributed by atoms with Crippen LogP contribution in [0.2, 0.25) is 0 Å².